The summed E-state index contributed by atoms with van der Waals surface area (Å²) in [4.78, 5) is 24.9. The summed E-state index contributed by atoms with van der Waals surface area (Å²) < 4.78 is 28.9. The number of hydrogen-bond acceptors (Lipinski definition) is 7. The molecular weight excluding hydrogens is 450 g/mol. The van der Waals surface area contributed by atoms with Gasteiger partial charge in [-0.1, -0.05) is 11.6 Å². The number of hydrogen-bond donors (Lipinski definition) is 2. The van der Waals surface area contributed by atoms with E-state index in [-0.39, 0.29) is 16.4 Å². The Morgan fingerprint density at radius 1 is 1.42 bits per heavy atom. The van der Waals surface area contributed by atoms with E-state index in [1.54, 1.807) is 4.90 Å². The lowest BCUT2D eigenvalue weighted by atomic mass is 9.99. The highest BCUT2D eigenvalue weighted by molar-refractivity contribution is 7.81. The summed E-state index contributed by atoms with van der Waals surface area (Å²) in [7, 11) is 0. The summed E-state index contributed by atoms with van der Waals surface area (Å²) in [6, 6.07) is 3.55. The van der Waals surface area contributed by atoms with E-state index >= 15 is 0 Å². The maximum absolute atomic E-state index is 13.4. The van der Waals surface area contributed by atoms with Gasteiger partial charge in [0.25, 0.3) is 12.0 Å². The molecule has 1 fully saturated rings. The van der Waals surface area contributed by atoms with Crippen molar-refractivity contribution in [3.8, 4) is 6.07 Å². The molecule has 1 saturated heterocycles. The molecule has 0 bridgehead atoms. The van der Waals surface area contributed by atoms with Gasteiger partial charge in [-0.2, -0.15) is 10.4 Å². The number of rotatable bonds is 4. The highest BCUT2D eigenvalue weighted by atomic mass is 35.5. The number of nitrogens with one attached hydrogen (secondary N) is 1. The number of thiol groups is 1. The van der Waals surface area contributed by atoms with Crippen LogP contribution in [-0.4, -0.2) is 42.1 Å². The van der Waals surface area contributed by atoms with Crippen molar-refractivity contribution in [2.45, 2.75) is 24.3 Å². The number of alkyl halides is 2. The van der Waals surface area contributed by atoms with E-state index in [4.69, 9.17) is 24.2 Å². The second-order valence-corrected chi connectivity index (χ2v) is 8.19. The third-order valence-electron chi connectivity index (χ3n) is 5.36. The van der Waals surface area contributed by atoms with Crippen LogP contribution in [0, 0.1) is 11.3 Å². The molecule has 0 aromatic carbocycles. The Labute approximate surface area is 183 Å². The Hall–Kier alpha value is -3.17. The Morgan fingerprint density at radius 2 is 2.23 bits per heavy atom. The predicted molar refractivity (Wildman–Crippen MR) is 112 cm³/mol. The first-order valence-corrected chi connectivity index (χ1v) is 9.96. The first-order valence-electron chi connectivity index (χ1n) is 9.13. The van der Waals surface area contributed by atoms with Crippen molar-refractivity contribution >= 4 is 46.6 Å². The summed E-state index contributed by atoms with van der Waals surface area (Å²) in [6.45, 7) is -0.400. The molecule has 0 saturated carbocycles. The zero-order valence-electron chi connectivity index (χ0n) is 15.6. The highest BCUT2D eigenvalue weighted by Gasteiger charge is 2.49. The maximum atomic E-state index is 13.4. The van der Waals surface area contributed by atoms with E-state index in [9.17, 15) is 18.8 Å². The second kappa shape index (κ2) is 6.93. The third kappa shape index (κ3) is 2.80. The lowest BCUT2D eigenvalue weighted by Crippen LogP contribution is -2.57. The molecule has 0 aliphatic carbocycles. The summed E-state index contributed by atoms with van der Waals surface area (Å²) in [6.07, 6.45) is 1.95. The lowest BCUT2D eigenvalue weighted by molar-refractivity contribution is 0.121. The second-order valence-electron chi connectivity index (χ2n) is 7.04. The monoisotopic (exact) mass is 462 g/mol. The minimum atomic E-state index is -2.79. The van der Waals surface area contributed by atoms with Gasteiger partial charge in [0, 0.05) is 25.4 Å². The minimum absolute atomic E-state index is 0.00991. The summed E-state index contributed by atoms with van der Waals surface area (Å²) in [5.74, 6) is 0.431. The molecule has 1 aliphatic heterocycles. The molecule has 0 amide bonds. The van der Waals surface area contributed by atoms with Gasteiger partial charge in [-0.3, -0.25) is 9.36 Å². The van der Waals surface area contributed by atoms with Gasteiger partial charge in [-0.05, 0) is 6.07 Å². The van der Waals surface area contributed by atoms with Crippen molar-refractivity contribution in [2.24, 2.45) is 0 Å². The quantitative estimate of drug-likeness (QED) is 0.451. The molecule has 13 heteroatoms. The van der Waals surface area contributed by atoms with Gasteiger partial charge in [0.15, 0.2) is 5.82 Å². The fraction of sp³-hybridized carbons (Fsp3) is 0.278. The van der Waals surface area contributed by atoms with Crippen LogP contribution in [0.25, 0.3) is 16.6 Å². The standard InChI is InChI=1S/C18H13ClF2N8OS/c19-10-1-3-29-13(10)16(30)27(7-11(20)21)17(26-29)18(31)2-4-28(18)15-12-9(5-22)6-23-14(12)24-8-25-15/h1,3,6,8,11,31H,2,4,7H2,(H,23,24,25)/t18-/m1/s1. The van der Waals surface area contributed by atoms with Crippen LogP contribution in [-0.2, 0) is 11.4 Å². The van der Waals surface area contributed by atoms with Crippen molar-refractivity contribution in [1.82, 2.24) is 29.1 Å². The van der Waals surface area contributed by atoms with Crippen molar-refractivity contribution < 1.29 is 8.78 Å². The zero-order chi connectivity index (χ0) is 21.9. The Bertz CT molecular complexity index is 1440. The van der Waals surface area contributed by atoms with Crippen LogP contribution in [0.15, 0.2) is 29.6 Å². The smallest absolute Gasteiger partial charge is 0.279 e. The molecule has 1 atom stereocenters. The molecule has 9 nitrogen and oxygen atoms in total. The molecule has 1 aliphatic rings. The van der Waals surface area contributed by atoms with Gasteiger partial charge >= 0.3 is 0 Å². The molecule has 5 rings (SSSR count). The first-order chi connectivity index (χ1) is 14.8. The van der Waals surface area contributed by atoms with Crippen LogP contribution in [0.1, 0.15) is 17.8 Å². The molecule has 0 radical (unpaired) electrons. The maximum Gasteiger partial charge on any atom is 0.279 e. The molecule has 4 aromatic heterocycles. The molecule has 5 heterocycles. The van der Waals surface area contributed by atoms with Crippen LogP contribution >= 0.6 is 24.2 Å². The minimum Gasteiger partial charge on any atom is -0.345 e. The number of fused-ring (bicyclic) bond motifs is 2. The topological polar surface area (TPSA) is 108 Å². The lowest BCUT2D eigenvalue weighted by Gasteiger charge is -2.50. The summed E-state index contributed by atoms with van der Waals surface area (Å²) in [5, 5.41) is 14.5. The SMILES string of the molecule is N#Cc1c[nH]c2ncnc(N3CC[C@@]3(S)c3nn4ccc(Cl)c4c(=O)n3CC(F)F)c12. The first kappa shape index (κ1) is 19.8. The van der Waals surface area contributed by atoms with Gasteiger partial charge in [0.1, 0.15) is 34.2 Å². The number of aromatic nitrogens is 6. The van der Waals surface area contributed by atoms with Crippen LogP contribution in [0.4, 0.5) is 14.6 Å². The number of nitrogens with zero attached hydrogens (tertiary/aromatic N) is 7. The fourth-order valence-corrected chi connectivity index (χ4v) is 4.54. The summed E-state index contributed by atoms with van der Waals surface area (Å²) >= 11 is 10.8. The van der Waals surface area contributed by atoms with E-state index in [1.165, 1.54) is 29.3 Å². The molecule has 0 spiro atoms. The molecular formula is C18H13ClF2N8OS. The van der Waals surface area contributed by atoms with Crippen molar-refractivity contribution in [2.75, 3.05) is 11.4 Å². The number of anilines is 1. The molecule has 1 N–H and O–H groups in total. The number of halogens is 3. The van der Waals surface area contributed by atoms with E-state index in [0.29, 0.717) is 35.4 Å². The van der Waals surface area contributed by atoms with E-state index in [1.807, 2.05) is 0 Å². The Morgan fingerprint density at radius 3 is 2.90 bits per heavy atom. The number of nitriles is 1. The van der Waals surface area contributed by atoms with Crippen LogP contribution in [0.5, 0.6) is 0 Å². The van der Waals surface area contributed by atoms with Gasteiger partial charge < -0.3 is 9.88 Å². The van der Waals surface area contributed by atoms with Crippen molar-refractivity contribution in [3.05, 3.63) is 51.6 Å². The van der Waals surface area contributed by atoms with E-state index in [2.05, 4.69) is 26.1 Å². The number of aromatic amines is 1. The molecule has 0 unspecified atom stereocenters. The van der Waals surface area contributed by atoms with Gasteiger partial charge in [0.05, 0.1) is 22.5 Å². The van der Waals surface area contributed by atoms with Crippen LogP contribution < -0.4 is 10.5 Å². The molecule has 31 heavy (non-hydrogen) atoms. The molecule has 158 valence electrons. The van der Waals surface area contributed by atoms with Gasteiger partial charge in [-0.25, -0.2) is 23.3 Å². The zero-order valence-corrected chi connectivity index (χ0v) is 17.3. The van der Waals surface area contributed by atoms with Crippen molar-refractivity contribution in [1.29, 1.82) is 5.26 Å². The van der Waals surface area contributed by atoms with Crippen LogP contribution in [0.2, 0.25) is 5.02 Å². The van der Waals surface area contributed by atoms with Crippen molar-refractivity contribution in [3.63, 3.8) is 0 Å². The predicted octanol–water partition coefficient (Wildman–Crippen LogP) is 2.55. The Kier molecular flexibility index (Phi) is 4.42. The average Bonchev–Trinajstić information content (AvgIpc) is 3.32. The average molecular weight is 463 g/mol. The Balaban J connectivity index is 1.73. The van der Waals surface area contributed by atoms with E-state index < -0.39 is 23.4 Å². The normalized spacial score (nSPS) is 18.6. The van der Waals surface area contributed by atoms with E-state index in [0.717, 1.165) is 4.57 Å². The fourth-order valence-electron chi connectivity index (χ4n) is 3.85. The summed E-state index contributed by atoms with van der Waals surface area (Å²) in [5.41, 5.74) is 0.108. The van der Waals surface area contributed by atoms with Gasteiger partial charge in [0.2, 0.25) is 0 Å². The third-order valence-corrected chi connectivity index (χ3v) is 6.33. The van der Waals surface area contributed by atoms with Crippen LogP contribution in [0.3, 0.4) is 0 Å². The molecule has 4 aromatic rings. The number of H-pyrrole nitrogens is 1. The largest absolute Gasteiger partial charge is 0.345 e. The van der Waals surface area contributed by atoms with Gasteiger partial charge in [-0.15, -0.1) is 12.6 Å². The highest BCUT2D eigenvalue weighted by Crippen LogP contribution is 2.47.